The quantitative estimate of drug-likeness (QED) is 0.789. The minimum atomic E-state index is -0.981. The van der Waals surface area contributed by atoms with E-state index >= 15 is 0 Å². The van der Waals surface area contributed by atoms with Gasteiger partial charge in [0.1, 0.15) is 11.3 Å². The number of para-hydroxylation sites is 2. The third-order valence-corrected chi connectivity index (χ3v) is 3.11. The van der Waals surface area contributed by atoms with Gasteiger partial charge in [-0.05, 0) is 25.5 Å². The van der Waals surface area contributed by atoms with Gasteiger partial charge < -0.3 is 20.1 Å². The van der Waals surface area contributed by atoms with Crippen molar-refractivity contribution in [1.82, 2.24) is 0 Å². The van der Waals surface area contributed by atoms with Crippen molar-refractivity contribution in [3.05, 3.63) is 24.3 Å². The summed E-state index contributed by atoms with van der Waals surface area (Å²) in [6.45, 7) is 2.30. The molecule has 0 saturated carbocycles. The molecule has 0 spiro atoms. The van der Waals surface area contributed by atoms with Crippen LogP contribution < -0.4 is 15.4 Å². The summed E-state index contributed by atoms with van der Waals surface area (Å²) in [4.78, 5) is 13.5. The maximum Gasteiger partial charge on any atom is 0.325 e. The minimum Gasteiger partial charge on any atom is -0.495 e. The van der Waals surface area contributed by atoms with E-state index in [4.69, 9.17) is 15.2 Å². The average molecular weight is 266 g/mol. The maximum absolute atomic E-state index is 11.5. The van der Waals surface area contributed by atoms with Gasteiger partial charge in [-0.1, -0.05) is 12.1 Å². The highest BCUT2D eigenvalue weighted by Crippen LogP contribution is 2.27. The van der Waals surface area contributed by atoms with E-state index in [1.54, 1.807) is 14.0 Å². The summed E-state index contributed by atoms with van der Waals surface area (Å²) < 4.78 is 9.99. The molecule has 0 aromatic heterocycles. The van der Waals surface area contributed by atoms with Crippen molar-refractivity contribution in [2.24, 2.45) is 5.73 Å². The van der Waals surface area contributed by atoms with Crippen LogP contribution in [0.3, 0.4) is 0 Å². The van der Waals surface area contributed by atoms with Crippen molar-refractivity contribution < 1.29 is 14.3 Å². The Hall–Kier alpha value is -1.75. The summed E-state index contributed by atoms with van der Waals surface area (Å²) in [6, 6.07) is 7.71. The van der Waals surface area contributed by atoms with Gasteiger partial charge in [-0.2, -0.15) is 0 Å². The van der Waals surface area contributed by atoms with Crippen LogP contribution >= 0.6 is 0 Å². The monoisotopic (exact) mass is 266 g/mol. The molecule has 0 saturated heterocycles. The van der Waals surface area contributed by atoms with E-state index in [9.17, 15) is 4.79 Å². The van der Waals surface area contributed by atoms with Gasteiger partial charge in [0.05, 0.1) is 19.9 Å². The number of anilines is 1. The van der Waals surface area contributed by atoms with Crippen molar-refractivity contribution in [2.75, 3.05) is 32.7 Å². The van der Waals surface area contributed by atoms with Crippen LogP contribution in [-0.2, 0) is 9.53 Å². The Balaban J connectivity index is 2.70. The molecule has 0 aliphatic heterocycles. The molecule has 0 radical (unpaired) electrons. The van der Waals surface area contributed by atoms with Gasteiger partial charge in [0.2, 0.25) is 0 Å². The van der Waals surface area contributed by atoms with Gasteiger partial charge >= 0.3 is 5.97 Å². The van der Waals surface area contributed by atoms with E-state index < -0.39 is 11.5 Å². The Labute approximate surface area is 114 Å². The summed E-state index contributed by atoms with van der Waals surface area (Å²) in [5.74, 6) is 0.391. The molecule has 5 nitrogen and oxygen atoms in total. The summed E-state index contributed by atoms with van der Waals surface area (Å²) in [6.07, 6.45) is 0.494. The Bertz CT molecular complexity index is 432. The van der Waals surface area contributed by atoms with Crippen molar-refractivity contribution in [3.8, 4) is 5.75 Å². The van der Waals surface area contributed by atoms with Gasteiger partial charge in [0.25, 0.3) is 0 Å². The number of methoxy groups -OCH3 is 2. The van der Waals surface area contributed by atoms with Crippen LogP contribution in [0.5, 0.6) is 5.75 Å². The van der Waals surface area contributed by atoms with E-state index in [1.807, 2.05) is 36.2 Å². The predicted octanol–water partition coefficient (Wildman–Crippen LogP) is 1.41. The van der Waals surface area contributed by atoms with Crippen LogP contribution in [0.4, 0.5) is 5.69 Å². The Morgan fingerprint density at radius 2 is 2.00 bits per heavy atom. The summed E-state index contributed by atoms with van der Waals surface area (Å²) >= 11 is 0. The Morgan fingerprint density at radius 3 is 2.58 bits per heavy atom. The van der Waals surface area contributed by atoms with Crippen LogP contribution in [-0.4, -0.2) is 39.3 Å². The fourth-order valence-corrected chi connectivity index (χ4v) is 1.80. The van der Waals surface area contributed by atoms with E-state index in [1.165, 1.54) is 7.11 Å². The lowest BCUT2D eigenvalue weighted by atomic mass is 9.99. The molecule has 0 aliphatic carbocycles. The number of benzene rings is 1. The zero-order valence-corrected chi connectivity index (χ0v) is 12.0. The van der Waals surface area contributed by atoms with Crippen LogP contribution in [0.2, 0.25) is 0 Å². The van der Waals surface area contributed by atoms with E-state index in [0.29, 0.717) is 13.0 Å². The van der Waals surface area contributed by atoms with Crippen LogP contribution in [0.25, 0.3) is 0 Å². The lowest BCUT2D eigenvalue weighted by Gasteiger charge is -2.27. The smallest absolute Gasteiger partial charge is 0.325 e. The number of nitrogens with zero attached hydrogens (tertiary/aromatic N) is 1. The molecule has 0 bridgehead atoms. The second-order valence-corrected chi connectivity index (χ2v) is 4.75. The highest BCUT2D eigenvalue weighted by Gasteiger charge is 2.29. The maximum atomic E-state index is 11.5. The third kappa shape index (κ3) is 3.86. The third-order valence-electron chi connectivity index (χ3n) is 3.11. The normalized spacial score (nSPS) is 13.5. The topological polar surface area (TPSA) is 64.8 Å². The Morgan fingerprint density at radius 1 is 1.37 bits per heavy atom. The fraction of sp³-hybridized carbons (Fsp3) is 0.500. The highest BCUT2D eigenvalue weighted by molar-refractivity contribution is 5.79. The molecule has 1 aromatic carbocycles. The molecular formula is C14H22N2O3. The molecule has 0 heterocycles. The molecule has 5 heteroatoms. The standard InChI is InChI=1S/C14H22N2O3/c1-14(15,13(17)19-4)9-10-16(2)11-7-5-6-8-12(11)18-3/h5-8H,9-10,15H2,1-4H3. The van der Waals surface area contributed by atoms with Crippen molar-refractivity contribution >= 4 is 11.7 Å². The first-order valence-electron chi connectivity index (χ1n) is 6.14. The molecular weight excluding hydrogens is 244 g/mol. The lowest BCUT2D eigenvalue weighted by molar-refractivity contribution is -0.146. The summed E-state index contributed by atoms with van der Waals surface area (Å²) in [5.41, 5.74) is 5.92. The second kappa shape index (κ2) is 6.43. The first-order valence-corrected chi connectivity index (χ1v) is 6.14. The molecule has 1 rings (SSSR count). The van der Waals surface area contributed by atoms with E-state index in [2.05, 4.69) is 0 Å². The fourth-order valence-electron chi connectivity index (χ4n) is 1.80. The molecule has 0 aliphatic rings. The van der Waals surface area contributed by atoms with E-state index in [0.717, 1.165) is 11.4 Å². The van der Waals surface area contributed by atoms with Crippen molar-refractivity contribution in [2.45, 2.75) is 18.9 Å². The molecule has 0 amide bonds. The summed E-state index contributed by atoms with van der Waals surface area (Å²) in [5, 5.41) is 0. The van der Waals surface area contributed by atoms with Gasteiger partial charge in [-0.3, -0.25) is 4.79 Å². The van der Waals surface area contributed by atoms with Gasteiger partial charge in [0, 0.05) is 13.6 Å². The van der Waals surface area contributed by atoms with Gasteiger partial charge in [0.15, 0.2) is 0 Å². The number of carbonyl (C=O) groups is 1. The lowest BCUT2D eigenvalue weighted by Crippen LogP contribution is -2.47. The predicted molar refractivity (Wildman–Crippen MR) is 75.5 cm³/mol. The zero-order valence-electron chi connectivity index (χ0n) is 12.0. The summed E-state index contributed by atoms with van der Waals surface area (Å²) in [7, 11) is 4.91. The second-order valence-electron chi connectivity index (χ2n) is 4.75. The SMILES string of the molecule is COC(=O)C(C)(N)CCN(C)c1ccccc1OC. The first kappa shape index (κ1) is 15.3. The first-order chi connectivity index (χ1) is 8.92. The molecule has 19 heavy (non-hydrogen) atoms. The number of ether oxygens (including phenoxy) is 2. The average Bonchev–Trinajstić information content (AvgIpc) is 2.43. The number of rotatable bonds is 6. The molecule has 0 fully saturated rings. The Kier molecular flexibility index (Phi) is 5.18. The minimum absolute atomic E-state index is 0.402. The van der Waals surface area contributed by atoms with E-state index in [-0.39, 0.29) is 0 Å². The molecule has 1 atom stereocenters. The van der Waals surface area contributed by atoms with Gasteiger partial charge in [-0.25, -0.2) is 0 Å². The molecule has 106 valence electrons. The number of nitrogens with two attached hydrogens (primary N) is 1. The van der Waals surface area contributed by atoms with Gasteiger partial charge in [-0.15, -0.1) is 0 Å². The van der Waals surface area contributed by atoms with Crippen molar-refractivity contribution in [3.63, 3.8) is 0 Å². The van der Waals surface area contributed by atoms with Crippen LogP contribution in [0, 0.1) is 0 Å². The highest BCUT2D eigenvalue weighted by atomic mass is 16.5. The zero-order chi connectivity index (χ0) is 14.5. The van der Waals surface area contributed by atoms with Crippen molar-refractivity contribution in [1.29, 1.82) is 0 Å². The molecule has 1 aromatic rings. The number of hydrogen-bond donors (Lipinski definition) is 1. The molecule has 2 N–H and O–H groups in total. The number of carbonyl (C=O) groups excluding carboxylic acids is 1. The number of esters is 1. The molecule has 1 unspecified atom stereocenters. The van der Waals surface area contributed by atoms with Crippen LogP contribution in [0.15, 0.2) is 24.3 Å². The largest absolute Gasteiger partial charge is 0.495 e. The number of hydrogen-bond acceptors (Lipinski definition) is 5. The van der Waals surface area contributed by atoms with Crippen LogP contribution in [0.1, 0.15) is 13.3 Å².